The SMILES string of the molecule is Nc1cccc2oc(=O)n(CCO)c12. The number of aliphatic hydroxyl groups is 1. The summed E-state index contributed by atoms with van der Waals surface area (Å²) >= 11 is 0. The first-order chi connectivity index (χ1) is 6.74. The van der Waals surface area contributed by atoms with Gasteiger partial charge in [0.15, 0.2) is 5.58 Å². The van der Waals surface area contributed by atoms with Crippen LogP contribution < -0.4 is 11.5 Å². The monoisotopic (exact) mass is 194 g/mol. The van der Waals surface area contributed by atoms with E-state index >= 15 is 0 Å². The summed E-state index contributed by atoms with van der Waals surface area (Å²) in [4.78, 5) is 11.3. The van der Waals surface area contributed by atoms with Gasteiger partial charge < -0.3 is 15.3 Å². The molecule has 0 saturated carbocycles. The molecule has 3 N–H and O–H groups in total. The van der Waals surface area contributed by atoms with Gasteiger partial charge in [0.2, 0.25) is 0 Å². The largest absolute Gasteiger partial charge is 0.420 e. The van der Waals surface area contributed by atoms with E-state index in [-0.39, 0.29) is 13.2 Å². The Bertz CT molecular complexity index is 512. The fourth-order valence-corrected chi connectivity index (χ4v) is 1.45. The van der Waals surface area contributed by atoms with E-state index in [0.717, 1.165) is 0 Å². The van der Waals surface area contributed by atoms with E-state index in [4.69, 9.17) is 15.3 Å². The van der Waals surface area contributed by atoms with Crippen LogP contribution in [0, 0.1) is 0 Å². The van der Waals surface area contributed by atoms with Crippen molar-refractivity contribution < 1.29 is 9.52 Å². The average Bonchev–Trinajstić information content (AvgIpc) is 2.45. The minimum absolute atomic E-state index is 0.122. The normalized spacial score (nSPS) is 10.9. The summed E-state index contributed by atoms with van der Waals surface area (Å²) in [5.74, 6) is -0.494. The Morgan fingerprint density at radius 2 is 2.29 bits per heavy atom. The highest BCUT2D eigenvalue weighted by Crippen LogP contribution is 2.19. The zero-order chi connectivity index (χ0) is 10.1. The van der Waals surface area contributed by atoms with Gasteiger partial charge in [0.1, 0.15) is 5.52 Å². The summed E-state index contributed by atoms with van der Waals surface area (Å²) in [6.45, 7) is 0.0723. The second-order valence-electron chi connectivity index (χ2n) is 2.94. The summed E-state index contributed by atoms with van der Waals surface area (Å²) in [7, 11) is 0. The number of benzene rings is 1. The fourth-order valence-electron chi connectivity index (χ4n) is 1.45. The molecule has 0 aliphatic rings. The lowest BCUT2D eigenvalue weighted by Gasteiger charge is -2.00. The number of nitrogen functional groups attached to an aromatic ring is 1. The second kappa shape index (κ2) is 3.19. The van der Waals surface area contributed by atoms with Gasteiger partial charge in [0, 0.05) is 0 Å². The first-order valence-corrected chi connectivity index (χ1v) is 4.22. The van der Waals surface area contributed by atoms with Crippen molar-refractivity contribution in [2.24, 2.45) is 0 Å². The Morgan fingerprint density at radius 1 is 1.50 bits per heavy atom. The van der Waals surface area contributed by atoms with Gasteiger partial charge in [-0.2, -0.15) is 0 Å². The van der Waals surface area contributed by atoms with Gasteiger partial charge in [0.25, 0.3) is 0 Å². The number of nitrogens with two attached hydrogens (primary N) is 1. The maximum atomic E-state index is 11.3. The number of aromatic nitrogens is 1. The van der Waals surface area contributed by atoms with E-state index < -0.39 is 5.76 Å². The number of aliphatic hydroxyl groups excluding tert-OH is 1. The van der Waals surface area contributed by atoms with Crippen molar-refractivity contribution in [1.29, 1.82) is 0 Å². The molecule has 0 bridgehead atoms. The molecular formula is C9H10N2O3. The first kappa shape index (κ1) is 8.83. The van der Waals surface area contributed by atoms with Gasteiger partial charge in [-0.25, -0.2) is 4.79 Å². The van der Waals surface area contributed by atoms with Crippen LogP contribution in [-0.2, 0) is 6.54 Å². The Hall–Kier alpha value is -1.75. The first-order valence-electron chi connectivity index (χ1n) is 4.22. The van der Waals surface area contributed by atoms with E-state index in [9.17, 15) is 4.79 Å². The number of fused-ring (bicyclic) bond motifs is 1. The molecule has 1 aromatic carbocycles. The Labute approximate surface area is 79.4 Å². The zero-order valence-corrected chi connectivity index (χ0v) is 7.43. The van der Waals surface area contributed by atoms with E-state index in [1.165, 1.54) is 4.57 Å². The molecule has 0 aliphatic carbocycles. The van der Waals surface area contributed by atoms with Gasteiger partial charge in [-0.05, 0) is 12.1 Å². The van der Waals surface area contributed by atoms with Gasteiger partial charge in [-0.3, -0.25) is 4.57 Å². The topological polar surface area (TPSA) is 81.4 Å². The lowest BCUT2D eigenvalue weighted by atomic mass is 10.3. The van der Waals surface area contributed by atoms with Gasteiger partial charge in [-0.1, -0.05) is 6.07 Å². The molecule has 0 unspecified atom stereocenters. The second-order valence-corrected chi connectivity index (χ2v) is 2.94. The molecule has 0 saturated heterocycles. The van der Waals surface area contributed by atoms with Crippen molar-refractivity contribution in [3.05, 3.63) is 28.7 Å². The quantitative estimate of drug-likeness (QED) is 0.667. The molecule has 0 atom stereocenters. The van der Waals surface area contributed by atoms with Crippen molar-refractivity contribution in [3.8, 4) is 0 Å². The average molecular weight is 194 g/mol. The fraction of sp³-hybridized carbons (Fsp3) is 0.222. The molecule has 0 amide bonds. The predicted octanol–water partition coefficient (Wildman–Crippen LogP) is 0.169. The Morgan fingerprint density at radius 3 is 3.00 bits per heavy atom. The maximum absolute atomic E-state index is 11.3. The molecule has 2 aromatic rings. The van der Waals surface area contributed by atoms with Crippen molar-refractivity contribution in [2.75, 3.05) is 12.3 Å². The highest BCUT2D eigenvalue weighted by molar-refractivity contribution is 5.85. The maximum Gasteiger partial charge on any atom is 0.420 e. The van der Waals surface area contributed by atoms with Crippen molar-refractivity contribution >= 4 is 16.8 Å². The predicted molar refractivity (Wildman–Crippen MR) is 52.0 cm³/mol. The molecular weight excluding hydrogens is 184 g/mol. The summed E-state index contributed by atoms with van der Waals surface area (Å²) in [6, 6.07) is 5.07. The van der Waals surface area contributed by atoms with Gasteiger partial charge in [-0.15, -0.1) is 0 Å². The van der Waals surface area contributed by atoms with Crippen molar-refractivity contribution in [1.82, 2.24) is 4.57 Å². The van der Waals surface area contributed by atoms with Crippen LogP contribution >= 0.6 is 0 Å². The highest BCUT2D eigenvalue weighted by atomic mass is 16.4. The molecule has 5 nitrogen and oxygen atoms in total. The summed E-state index contributed by atoms with van der Waals surface area (Å²) in [5.41, 5.74) is 7.17. The third-order valence-corrected chi connectivity index (χ3v) is 2.04. The van der Waals surface area contributed by atoms with Crippen LogP contribution in [0.4, 0.5) is 5.69 Å². The van der Waals surface area contributed by atoms with Crippen molar-refractivity contribution in [2.45, 2.75) is 6.54 Å². The number of rotatable bonds is 2. The highest BCUT2D eigenvalue weighted by Gasteiger charge is 2.10. The minimum Gasteiger partial charge on any atom is -0.408 e. The van der Waals surface area contributed by atoms with E-state index in [1.807, 2.05) is 0 Å². The Balaban J connectivity index is 2.79. The number of para-hydroxylation sites is 1. The van der Waals surface area contributed by atoms with Crippen LogP contribution in [0.1, 0.15) is 0 Å². The molecule has 0 spiro atoms. The summed E-state index contributed by atoms with van der Waals surface area (Å²) in [6.07, 6.45) is 0. The number of oxazole rings is 1. The van der Waals surface area contributed by atoms with Gasteiger partial charge in [0.05, 0.1) is 18.8 Å². The third kappa shape index (κ3) is 1.18. The molecule has 0 fully saturated rings. The lowest BCUT2D eigenvalue weighted by molar-refractivity contribution is 0.272. The van der Waals surface area contributed by atoms with Gasteiger partial charge >= 0.3 is 5.76 Å². The van der Waals surface area contributed by atoms with Crippen LogP contribution in [-0.4, -0.2) is 16.3 Å². The molecule has 14 heavy (non-hydrogen) atoms. The minimum atomic E-state index is -0.494. The third-order valence-electron chi connectivity index (χ3n) is 2.04. The summed E-state index contributed by atoms with van der Waals surface area (Å²) < 4.78 is 6.27. The number of nitrogens with zero attached hydrogens (tertiary/aromatic N) is 1. The van der Waals surface area contributed by atoms with Crippen LogP contribution in [0.15, 0.2) is 27.4 Å². The standard InChI is InChI=1S/C9H10N2O3/c10-6-2-1-3-7-8(6)11(4-5-12)9(13)14-7/h1-3,12H,4-5,10H2. The van der Waals surface area contributed by atoms with Crippen LogP contribution in [0.3, 0.4) is 0 Å². The van der Waals surface area contributed by atoms with Crippen LogP contribution in [0.5, 0.6) is 0 Å². The number of hydrogen-bond donors (Lipinski definition) is 2. The molecule has 74 valence electrons. The van der Waals surface area contributed by atoms with Crippen LogP contribution in [0.25, 0.3) is 11.1 Å². The van der Waals surface area contributed by atoms with Crippen molar-refractivity contribution in [3.63, 3.8) is 0 Å². The smallest absolute Gasteiger partial charge is 0.408 e. The molecule has 1 aromatic heterocycles. The van der Waals surface area contributed by atoms with Crippen LogP contribution in [0.2, 0.25) is 0 Å². The Kier molecular flexibility index (Phi) is 2.01. The number of hydrogen-bond acceptors (Lipinski definition) is 4. The lowest BCUT2D eigenvalue weighted by Crippen LogP contribution is -2.16. The van der Waals surface area contributed by atoms with E-state index in [2.05, 4.69) is 0 Å². The number of anilines is 1. The van der Waals surface area contributed by atoms with E-state index in [1.54, 1.807) is 18.2 Å². The molecule has 5 heteroatoms. The molecule has 0 aliphatic heterocycles. The molecule has 2 rings (SSSR count). The zero-order valence-electron chi connectivity index (χ0n) is 7.43. The molecule has 1 heterocycles. The summed E-state index contributed by atoms with van der Waals surface area (Å²) in [5, 5.41) is 8.77. The molecule has 0 radical (unpaired) electrons. The van der Waals surface area contributed by atoms with E-state index in [0.29, 0.717) is 16.8 Å².